The van der Waals surface area contributed by atoms with Crippen LogP contribution in [0.1, 0.15) is 26.3 Å². The zero-order valence-electron chi connectivity index (χ0n) is 17.5. The number of carbonyl (C=O) groups is 3. The monoisotopic (exact) mass is 423 g/mol. The van der Waals surface area contributed by atoms with Gasteiger partial charge in [-0.2, -0.15) is 0 Å². The Morgan fingerprint density at radius 1 is 1.17 bits per heavy atom. The summed E-state index contributed by atoms with van der Waals surface area (Å²) in [6, 6.07) is 5.62. The lowest BCUT2D eigenvalue weighted by molar-refractivity contribution is -0.160. The summed E-state index contributed by atoms with van der Waals surface area (Å²) in [6.07, 6.45) is 0.641. The van der Waals surface area contributed by atoms with E-state index in [1.165, 1.54) is 6.08 Å². The summed E-state index contributed by atoms with van der Waals surface area (Å²) < 4.78 is 20.6. The summed E-state index contributed by atoms with van der Waals surface area (Å²) in [6.45, 7) is 9.03. The number of esters is 1. The number of hydrogen-bond donors (Lipinski definition) is 2. The molecule has 0 aromatic heterocycles. The van der Waals surface area contributed by atoms with Gasteiger partial charge in [0.05, 0.1) is 6.61 Å². The van der Waals surface area contributed by atoms with Crippen molar-refractivity contribution in [3.8, 4) is 5.75 Å². The van der Waals surface area contributed by atoms with Gasteiger partial charge in [0.15, 0.2) is 0 Å². The van der Waals surface area contributed by atoms with Crippen LogP contribution in [0.2, 0.25) is 0 Å². The lowest BCUT2D eigenvalue weighted by atomic mass is 10.1. The number of benzene rings is 1. The highest BCUT2D eigenvalue weighted by atomic mass is 16.6. The molecule has 0 saturated heterocycles. The van der Waals surface area contributed by atoms with Crippen molar-refractivity contribution < 1.29 is 38.4 Å². The summed E-state index contributed by atoms with van der Waals surface area (Å²) in [5.74, 6) is -1.06. The molecule has 1 aromatic rings. The van der Waals surface area contributed by atoms with Gasteiger partial charge in [-0.15, -0.1) is 0 Å². The van der Waals surface area contributed by atoms with Crippen LogP contribution in [0.15, 0.2) is 36.9 Å². The van der Waals surface area contributed by atoms with E-state index >= 15 is 0 Å². The van der Waals surface area contributed by atoms with E-state index in [0.29, 0.717) is 11.3 Å². The standard InChI is InChI=1S/C21H29NO8/c1-5-10-29-20(26)22-17(19(24)25)13-15-6-8-16(9-7-15)28-12-11-27-14-18(23)30-21(2,3)4/h5-9,17H,1,10-14H2,2-4H3,(H,22,26)(H,24,25)/t17-/m0/s1. The zero-order valence-corrected chi connectivity index (χ0v) is 17.5. The number of carboxylic acid groups (broad SMARTS) is 1. The van der Waals surface area contributed by atoms with Crippen molar-refractivity contribution in [3.05, 3.63) is 42.5 Å². The van der Waals surface area contributed by atoms with E-state index in [1.54, 1.807) is 45.0 Å². The van der Waals surface area contributed by atoms with Crippen molar-refractivity contribution in [1.82, 2.24) is 5.32 Å². The predicted molar refractivity (Wildman–Crippen MR) is 108 cm³/mol. The van der Waals surface area contributed by atoms with Crippen LogP contribution in [0.4, 0.5) is 4.79 Å². The van der Waals surface area contributed by atoms with Crippen LogP contribution < -0.4 is 10.1 Å². The Kier molecular flexibility index (Phi) is 10.4. The summed E-state index contributed by atoms with van der Waals surface area (Å²) in [7, 11) is 0. The van der Waals surface area contributed by atoms with Gasteiger partial charge in [-0.3, -0.25) is 0 Å². The van der Waals surface area contributed by atoms with Gasteiger partial charge in [0.1, 0.15) is 37.2 Å². The molecule has 30 heavy (non-hydrogen) atoms. The van der Waals surface area contributed by atoms with Crippen LogP contribution in [-0.2, 0) is 30.2 Å². The van der Waals surface area contributed by atoms with Crippen molar-refractivity contribution in [2.24, 2.45) is 0 Å². The molecule has 0 aliphatic heterocycles. The predicted octanol–water partition coefficient (Wildman–Crippen LogP) is 2.33. The maximum absolute atomic E-state index is 11.5. The zero-order chi connectivity index (χ0) is 22.6. The molecule has 1 atom stereocenters. The average molecular weight is 423 g/mol. The minimum atomic E-state index is -1.17. The molecule has 0 unspecified atom stereocenters. The summed E-state index contributed by atoms with van der Waals surface area (Å²) in [5, 5.41) is 11.6. The number of rotatable bonds is 12. The van der Waals surface area contributed by atoms with Crippen LogP contribution in [0.3, 0.4) is 0 Å². The van der Waals surface area contributed by atoms with E-state index in [0.717, 1.165) is 0 Å². The molecule has 0 radical (unpaired) electrons. The Balaban J connectivity index is 2.39. The molecule has 1 amide bonds. The highest BCUT2D eigenvalue weighted by Crippen LogP contribution is 2.14. The molecule has 0 saturated carbocycles. The van der Waals surface area contributed by atoms with Gasteiger partial charge >= 0.3 is 18.0 Å². The van der Waals surface area contributed by atoms with Gasteiger partial charge in [0.25, 0.3) is 0 Å². The molecule has 9 heteroatoms. The number of alkyl carbamates (subject to hydrolysis) is 1. The molecule has 166 valence electrons. The third-order valence-electron chi connectivity index (χ3n) is 3.42. The Hall–Kier alpha value is -3.07. The van der Waals surface area contributed by atoms with Crippen LogP contribution in [0.25, 0.3) is 0 Å². The van der Waals surface area contributed by atoms with E-state index < -0.39 is 29.7 Å². The Morgan fingerprint density at radius 2 is 1.83 bits per heavy atom. The second-order valence-corrected chi connectivity index (χ2v) is 7.26. The highest BCUT2D eigenvalue weighted by molar-refractivity contribution is 5.80. The number of hydrogen-bond acceptors (Lipinski definition) is 7. The molecule has 9 nitrogen and oxygen atoms in total. The SMILES string of the molecule is C=CCOC(=O)N[C@@H](Cc1ccc(OCCOCC(=O)OC(C)(C)C)cc1)C(=O)O. The number of amides is 1. The van der Waals surface area contributed by atoms with Crippen molar-refractivity contribution in [3.63, 3.8) is 0 Å². The number of nitrogens with one attached hydrogen (secondary N) is 1. The van der Waals surface area contributed by atoms with Crippen LogP contribution in [0, 0.1) is 0 Å². The van der Waals surface area contributed by atoms with Crippen molar-refractivity contribution in [1.29, 1.82) is 0 Å². The summed E-state index contributed by atoms with van der Waals surface area (Å²) in [4.78, 5) is 34.4. The Bertz CT molecular complexity index is 709. The van der Waals surface area contributed by atoms with E-state index in [4.69, 9.17) is 18.9 Å². The van der Waals surface area contributed by atoms with E-state index in [2.05, 4.69) is 11.9 Å². The van der Waals surface area contributed by atoms with Gasteiger partial charge in [0.2, 0.25) is 0 Å². The van der Waals surface area contributed by atoms with Gasteiger partial charge < -0.3 is 29.4 Å². The summed E-state index contributed by atoms with van der Waals surface area (Å²) in [5.41, 5.74) is 0.139. The smallest absolute Gasteiger partial charge is 0.408 e. The van der Waals surface area contributed by atoms with E-state index in [9.17, 15) is 19.5 Å². The average Bonchev–Trinajstić information content (AvgIpc) is 2.65. The minimum absolute atomic E-state index is 0.00824. The maximum atomic E-state index is 11.5. The van der Waals surface area contributed by atoms with Gasteiger partial charge in [-0.1, -0.05) is 24.8 Å². The first kappa shape index (κ1) is 25.0. The number of carbonyl (C=O) groups excluding carboxylic acids is 2. The van der Waals surface area contributed by atoms with Crippen LogP contribution in [0.5, 0.6) is 5.75 Å². The second-order valence-electron chi connectivity index (χ2n) is 7.26. The lowest BCUT2D eigenvalue weighted by Crippen LogP contribution is -2.42. The first-order valence-electron chi connectivity index (χ1n) is 9.39. The molecule has 0 fully saturated rings. The third-order valence-corrected chi connectivity index (χ3v) is 3.42. The van der Waals surface area contributed by atoms with Crippen molar-refractivity contribution in [2.45, 2.75) is 38.8 Å². The van der Waals surface area contributed by atoms with Crippen LogP contribution >= 0.6 is 0 Å². The highest BCUT2D eigenvalue weighted by Gasteiger charge is 2.21. The Labute approximate surface area is 175 Å². The first-order chi connectivity index (χ1) is 14.1. The fraction of sp³-hybridized carbons (Fsp3) is 0.476. The van der Waals surface area contributed by atoms with Crippen molar-refractivity contribution in [2.75, 3.05) is 26.4 Å². The molecular weight excluding hydrogens is 394 g/mol. The number of aliphatic carboxylic acids is 1. The Morgan fingerprint density at radius 3 is 2.40 bits per heavy atom. The molecule has 0 heterocycles. The normalized spacial score (nSPS) is 11.8. The molecule has 2 N–H and O–H groups in total. The molecule has 0 spiro atoms. The van der Waals surface area contributed by atoms with Crippen molar-refractivity contribution >= 4 is 18.0 Å². The lowest BCUT2D eigenvalue weighted by Gasteiger charge is -2.19. The molecule has 0 bridgehead atoms. The van der Waals surface area contributed by atoms with E-state index in [-0.39, 0.29) is 32.8 Å². The van der Waals surface area contributed by atoms with Gasteiger partial charge in [-0.25, -0.2) is 14.4 Å². The molecular formula is C21H29NO8. The van der Waals surface area contributed by atoms with Gasteiger partial charge in [0, 0.05) is 6.42 Å². The minimum Gasteiger partial charge on any atom is -0.491 e. The molecule has 0 aliphatic carbocycles. The first-order valence-corrected chi connectivity index (χ1v) is 9.39. The fourth-order valence-corrected chi connectivity index (χ4v) is 2.22. The molecule has 0 aliphatic rings. The quantitative estimate of drug-likeness (QED) is 0.299. The van der Waals surface area contributed by atoms with Crippen LogP contribution in [-0.4, -0.2) is 61.2 Å². The molecule has 1 rings (SSSR count). The fourth-order valence-electron chi connectivity index (χ4n) is 2.22. The van der Waals surface area contributed by atoms with Gasteiger partial charge in [-0.05, 0) is 38.5 Å². The topological polar surface area (TPSA) is 120 Å². The second kappa shape index (κ2) is 12.5. The number of carboxylic acids is 1. The third kappa shape index (κ3) is 11.1. The maximum Gasteiger partial charge on any atom is 0.408 e. The summed E-state index contributed by atoms with van der Waals surface area (Å²) >= 11 is 0. The largest absolute Gasteiger partial charge is 0.491 e. The molecule has 1 aromatic carbocycles. The number of ether oxygens (including phenoxy) is 4. The van der Waals surface area contributed by atoms with E-state index in [1.807, 2.05) is 0 Å².